The lowest BCUT2D eigenvalue weighted by atomic mass is 9.94. The fourth-order valence-corrected chi connectivity index (χ4v) is 6.05. The van der Waals surface area contributed by atoms with Gasteiger partial charge in [0.1, 0.15) is 11.5 Å². The van der Waals surface area contributed by atoms with E-state index in [1.165, 1.54) is 17.7 Å². The van der Waals surface area contributed by atoms with Gasteiger partial charge in [0.25, 0.3) is 5.91 Å². The number of carbonyl (C=O) groups excluding carboxylic acids is 1. The van der Waals surface area contributed by atoms with Crippen molar-refractivity contribution in [2.24, 2.45) is 0 Å². The molecule has 7 nitrogen and oxygen atoms in total. The fourth-order valence-electron chi connectivity index (χ4n) is 4.09. The van der Waals surface area contributed by atoms with Gasteiger partial charge in [0.15, 0.2) is 14.6 Å². The highest BCUT2D eigenvalue weighted by atomic mass is 32.2. The maximum Gasteiger partial charge on any atom is 0.265 e. The molecule has 1 aliphatic rings. The Kier molecular flexibility index (Phi) is 7.27. The van der Waals surface area contributed by atoms with E-state index >= 15 is 0 Å². The van der Waals surface area contributed by atoms with Crippen molar-refractivity contribution in [1.82, 2.24) is 10.4 Å². The van der Waals surface area contributed by atoms with Crippen LogP contribution in [0.2, 0.25) is 0 Å². The maximum absolute atomic E-state index is 13.5. The third-order valence-corrected chi connectivity index (χ3v) is 8.80. The Morgan fingerprint density at radius 1 is 0.969 bits per heavy atom. The van der Waals surface area contributed by atoms with Crippen LogP contribution in [0.15, 0.2) is 53.4 Å². The Hall–Kier alpha value is -2.42. The lowest BCUT2D eigenvalue weighted by Gasteiger charge is -2.40. The molecule has 3 rings (SSSR count). The van der Waals surface area contributed by atoms with Gasteiger partial charge in [-0.2, -0.15) is 0 Å². The van der Waals surface area contributed by atoms with E-state index in [-0.39, 0.29) is 23.8 Å². The zero-order valence-electron chi connectivity index (χ0n) is 19.0. The highest BCUT2D eigenvalue weighted by molar-refractivity contribution is 7.93. The van der Waals surface area contributed by atoms with Crippen LogP contribution < -0.4 is 10.2 Å². The topological polar surface area (TPSA) is 95.9 Å². The first-order valence-corrected chi connectivity index (χ1v) is 12.4. The number of nitrogens with one attached hydrogen (secondary N) is 1. The highest BCUT2D eigenvalue weighted by Gasteiger charge is 2.53. The number of piperidine rings is 1. The molecule has 0 aromatic heterocycles. The van der Waals surface area contributed by atoms with Gasteiger partial charge < -0.3 is 9.64 Å². The Bertz CT molecular complexity index is 1020. The summed E-state index contributed by atoms with van der Waals surface area (Å²) in [7, 11) is -4.04. The molecule has 1 fully saturated rings. The molecule has 0 bridgehead atoms. The van der Waals surface area contributed by atoms with Crippen molar-refractivity contribution >= 4 is 15.7 Å². The molecule has 1 amide bonds. The number of sulfone groups is 1. The summed E-state index contributed by atoms with van der Waals surface area (Å²) in [6.45, 7) is 9.21. The first-order valence-electron chi connectivity index (χ1n) is 10.9. The maximum atomic E-state index is 13.5. The summed E-state index contributed by atoms with van der Waals surface area (Å²) >= 11 is 0. The average Bonchev–Trinajstić information content (AvgIpc) is 2.79. The van der Waals surface area contributed by atoms with Gasteiger partial charge >= 0.3 is 0 Å². The Morgan fingerprint density at radius 3 is 1.91 bits per heavy atom. The van der Waals surface area contributed by atoms with E-state index in [4.69, 9.17) is 4.74 Å². The second-order valence-electron chi connectivity index (χ2n) is 8.87. The van der Waals surface area contributed by atoms with Crippen molar-refractivity contribution in [3.05, 3.63) is 54.1 Å². The van der Waals surface area contributed by atoms with Crippen molar-refractivity contribution in [3.63, 3.8) is 0 Å². The normalized spacial score (nSPS) is 16.8. The molecule has 174 valence electrons. The number of hydrogen-bond donors (Lipinski definition) is 2. The van der Waals surface area contributed by atoms with Crippen LogP contribution in [-0.2, 0) is 14.6 Å². The fraction of sp³-hybridized carbons (Fsp3) is 0.458. The van der Waals surface area contributed by atoms with E-state index in [0.717, 1.165) is 0 Å². The SMILES string of the molecule is CC(C)c1ccc(Oc2ccc(S(=O)(=O)C3(C(=O)NO)CCN(C(C)C)CC3)cc2)cc1. The van der Waals surface area contributed by atoms with Crippen molar-refractivity contribution < 1.29 is 23.2 Å². The molecule has 8 heteroatoms. The number of benzene rings is 2. The number of likely N-dealkylation sites (tertiary alicyclic amines) is 1. The van der Waals surface area contributed by atoms with Crippen LogP contribution in [0.3, 0.4) is 0 Å². The van der Waals surface area contributed by atoms with Crippen LogP contribution >= 0.6 is 0 Å². The lowest BCUT2D eigenvalue weighted by Crippen LogP contribution is -2.58. The van der Waals surface area contributed by atoms with Crippen LogP contribution in [0.4, 0.5) is 0 Å². The Balaban J connectivity index is 1.83. The third kappa shape index (κ3) is 4.67. The molecule has 0 spiro atoms. The molecule has 1 heterocycles. The van der Waals surface area contributed by atoms with Gasteiger partial charge in [-0.1, -0.05) is 26.0 Å². The predicted molar refractivity (Wildman–Crippen MR) is 123 cm³/mol. The highest BCUT2D eigenvalue weighted by Crippen LogP contribution is 2.37. The Labute approximate surface area is 190 Å². The molecule has 0 radical (unpaired) electrons. The van der Waals surface area contributed by atoms with Gasteiger partial charge in [0.05, 0.1) is 4.90 Å². The minimum Gasteiger partial charge on any atom is -0.457 e. The van der Waals surface area contributed by atoms with E-state index in [0.29, 0.717) is 30.5 Å². The number of rotatable bonds is 7. The lowest BCUT2D eigenvalue weighted by molar-refractivity contribution is -0.133. The first kappa shape index (κ1) is 24.2. The summed E-state index contributed by atoms with van der Waals surface area (Å²) in [5, 5.41) is 9.30. The second-order valence-corrected chi connectivity index (χ2v) is 11.1. The van der Waals surface area contributed by atoms with Gasteiger partial charge in [-0.15, -0.1) is 0 Å². The van der Waals surface area contributed by atoms with Crippen LogP contribution in [0.25, 0.3) is 0 Å². The number of ether oxygens (including phenoxy) is 1. The minimum atomic E-state index is -4.04. The molecule has 32 heavy (non-hydrogen) atoms. The number of nitrogens with zero attached hydrogens (tertiary/aromatic N) is 1. The van der Waals surface area contributed by atoms with E-state index in [2.05, 4.69) is 18.7 Å². The molecule has 0 aliphatic carbocycles. The first-order chi connectivity index (χ1) is 15.1. The summed E-state index contributed by atoms with van der Waals surface area (Å²) in [5.74, 6) is 0.689. The number of carbonyl (C=O) groups is 1. The zero-order valence-corrected chi connectivity index (χ0v) is 19.9. The van der Waals surface area contributed by atoms with Crippen LogP contribution in [-0.4, -0.2) is 48.3 Å². The summed E-state index contributed by atoms with van der Waals surface area (Å²) in [5.41, 5.74) is 2.79. The van der Waals surface area contributed by atoms with E-state index in [1.54, 1.807) is 17.6 Å². The van der Waals surface area contributed by atoms with Crippen molar-refractivity contribution in [1.29, 1.82) is 0 Å². The standard InChI is InChI=1S/C24H32N2O5S/c1-17(2)19-5-7-20(8-6-19)31-21-9-11-22(12-10-21)32(29,30)24(23(27)25-28)13-15-26(16-14-24)18(3)4/h5-12,17-18,28H,13-16H2,1-4H3,(H,25,27). The quantitative estimate of drug-likeness (QED) is 0.477. The van der Waals surface area contributed by atoms with Crippen LogP contribution in [0, 0.1) is 0 Å². The second kappa shape index (κ2) is 9.60. The van der Waals surface area contributed by atoms with Gasteiger partial charge in [-0.25, -0.2) is 13.9 Å². The van der Waals surface area contributed by atoms with Crippen molar-refractivity contribution in [2.75, 3.05) is 13.1 Å². The number of hydrogen-bond acceptors (Lipinski definition) is 6. The smallest absolute Gasteiger partial charge is 0.265 e. The molecular formula is C24H32N2O5S. The molecule has 2 N–H and O–H groups in total. The van der Waals surface area contributed by atoms with Crippen LogP contribution in [0.5, 0.6) is 11.5 Å². The molecule has 0 atom stereocenters. The average molecular weight is 461 g/mol. The predicted octanol–water partition coefficient (Wildman–Crippen LogP) is 4.12. The monoisotopic (exact) mass is 460 g/mol. The van der Waals surface area contributed by atoms with Crippen molar-refractivity contribution in [2.45, 2.75) is 62.1 Å². The van der Waals surface area contributed by atoms with E-state index < -0.39 is 20.5 Å². The minimum absolute atomic E-state index is 0.0293. The van der Waals surface area contributed by atoms with E-state index in [1.807, 2.05) is 38.1 Å². The molecule has 2 aromatic carbocycles. The van der Waals surface area contributed by atoms with Gasteiger partial charge in [0.2, 0.25) is 0 Å². The summed E-state index contributed by atoms with van der Waals surface area (Å²) in [6.07, 6.45) is 0.223. The van der Waals surface area contributed by atoms with Gasteiger partial charge in [0, 0.05) is 19.1 Å². The molecule has 1 saturated heterocycles. The summed E-state index contributed by atoms with van der Waals surface area (Å²) in [6, 6.07) is 14.1. The largest absolute Gasteiger partial charge is 0.457 e. The number of amides is 1. The summed E-state index contributed by atoms with van der Waals surface area (Å²) < 4.78 is 31.2. The molecule has 0 unspecified atom stereocenters. The molecular weight excluding hydrogens is 428 g/mol. The zero-order chi connectivity index (χ0) is 23.5. The molecule has 1 aliphatic heterocycles. The van der Waals surface area contributed by atoms with Crippen LogP contribution in [0.1, 0.15) is 52.0 Å². The molecule has 0 saturated carbocycles. The number of hydroxylamine groups is 1. The van der Waals surface area contributed by atoms with Gasteiger partial charge in [-0.3, -0.25) is 10.0 Å². The van der Waals surface area contributed by atoms with Gasteiger partial charge in [-0.05, 0) is 74.6 Å². The third-order valence-electron chi connectivity index (χ3n) is 6.28. The van der Waals surface area contributed by atoms with Crippen molar-refractivity contribution in [3.8, 4) is 11.5 Å². The molecule has 2 aromatic rings. The Morgan fingerprint density at radius 2 is 1.47 bits per heavy atom. The summed E-state index contributed by atoms with van der Waals surface area (Å²) in [4.78, 5) is 14.7. The van der Waals surface area contributed by atoms with E-state index in [9.17, 15) is 18.4 Å².